The first-order valence-corrected chi connectivity index (χ1v) is 9.01. The van der Waals surface area contributed by atoms with Gasteiger partial charge in [-0.05, 0) is 35.9 Å². The van der Waals surface area contributed by atoms with Crippen molar-refractivity contribution in [2.24, 2.45) is 0 Å². The van der Waals surface area contributed by atoms with Crippen molar-refractivity contribution in [1.82, 2.24) is 0 Å². The molecule has 132 valence electrons. The number of carboxylic acid groups (broad SMARTS) is 1. The Hall–Kier alpha value is -2.93. The largest absolute Gasteiger partial charge is 0.486 e. The number of carbonyl (C=O) groups excluding carboxylic acids is 1. The lowest BCUT2D eigenvalue weighted by Crippen LogP contribution is -2.19. The summed E-state index contributed by atoms with van der Waals surface area (Å²) in [6.45, 7) is 1.03. The molecule has 0 saturated heterocycles. The molecule has 2 aliphatic heterocycles. The third kappa shape index (κ3) is 3.13. The first-order chi connectivity index (χ1) is 12.6. The Balaban J connectivity index is 1.60. The molecule has 4 rings (SSSR count). The van der Waals surface area contributed by atoms with Gasteiger partial charge in [-0.15, -0.1) is 11.8 Å². The molecule has 0 spiro atoms. The lowest BCUT2D eigenvalue weighted by Gasteiger charge is -2.22. The number of benzene rings is 2. The molecular weight excluding hydrogens is 354 g/mol. The van der Waals surface area contributed by atoms with Crippen LogP contribution in [-0.2, 0) is 4.79 Å². The highest BCUT2D eigenvalue weighted by Gasteiger charge is 2.22. The Morgan fingerprint density at radius 2 is 1.81 bits per heavy atom. The minimum atomic E-state index is -1.08. The van der Waals surface area contributed by atoms with Crippen LogP contribution in [0.3, 0.4) is 0 Å². The van der Waals surface area contributed by atoms with E-state index in [0.717, 1.165) is 16.2 Å². The van der Waals surface area contributed by atoms with Crippen LogP contribution in [0.5, 0.6) is 11.5 Å². The molecule has 0 atom stereocenters. The van der Waals surface area contributed by atoms with Gasteiger partial charge >= 0.3 is 5.97 Å². The Morgan fingerprint density at radius 1 is 1.08 bits per heavy atom. The van der Waals surface area contributed by atoms with Gasteiger partial charge in [0.25, 0.3) is 5.91 Å². The number of ether oxygens (including phenoxy) is 2. The van der Waals surface area contributed by atoms with E-state index in [1.165, 1.54) is 17.8 Å². The normalized spacial score (nSPS) is 14.8. The van der Waals surface area contributed by atoms with E-state index in [-0.39, 0.29) is 17.2 Å². The summed E-state index contributed by atoms with van der Waals surface area (Å²) >= 11 is 1.54. The number of carbonyl (C=O) groups is 2. The van der Waals surface area contributed by atoms with Crippen LogP contribution in [0, 0.1) is 0 Å². The molecule has 2 aromatic carbocycles. The van der Waals surface area contributed by atoms with Crippen molar-refractivity contribution in [3.8, 4) is 11.5 Å². The number of hydrogen-bond acceptors (Lipinski definition) is 5. The van der Waals surface area contributed by atoms with E-state index >= 15 is 0 Å². The predicted molar refractivity (Wildman–Crippen MR) is 98.2 cm³/mol. The summed E-state index contributed by atoms with van der Waals surface area (Å²) in [6, 6.07) is 10.1. The van der Waals surface area contributed by atoms with Crippen LogP contribution in [-0.4, -0.2) is 35.9 Å². The molecule has 0 fully saturated rings. The second-order valence-electron chi connectivity index (χ2n) is 5.80. The van der Waals surface area contributed by atoms with Crippen molar-refractivity contribution in [2.75, 3.05) is 24.3 Å². The van der Waals surface area contributed by atoms with Gasteiger partial charge in [0.05, 0.1) is 11.3 Å². The highest BCUT2D eigenvalue weighted by Crippen LogP contribution is 2.41. The minimum Gasteiger partial charge on any atom is -0.486 e. The van der Waals surface area contributed by atoms with Gasteiger partial charge in [-0.25, -0.2) is 4.79 Å². The van der Waals surface area contributed by atoms with E-state index in [1.54, 1.807) is 18.2 Å². The molecule has 26 heavy (non-hydrogen) atoms. The van der Waals surface area contributed by atoms with Gasteiger partial charge in [0.15, 0.2) is 11.5 Å². The Kier molecular flexibility index (Phi) is 4.30. The number of nitrogens with one attached hydrogen (secondary N) is 1. The van der Waals surface area contributed by atoms with Crippen molar-refractivity contribution in [1.29, 1.82) is 0 Å². The number of para-hydroxylation sites is 1. The van der Waals surface area contributed by atoms with Crippen molar-refractivity contribution >= 4 is 35.4 Å². The zero-order chi connectivity index (χ0) is 18.1. The number of aromatic carboxylic acids is 1. The maximum atomic E-state index is 12.6. The summed E-state index contributed by atoms with van der Waals surface area (Å²) < 4.78 is 11.2. The zero-order valence-corrected chi connectivity index (χ0v) is 14.5. The summed E-state index contributed by atoms with van der Waals surface area (Å²) in [5.41, 5.74) is 1.80. The van der Waals surface area contributed by atoms with E-state index in [4.69, 9.17) is 9.47 Å². The molecule has 2 N–H and O–H groups in total. The lowest BCUT2D eigenvalue weighted by molar-refractivity contribution is -0.112. The standard InChI is InChI=1S/C19H15NO5S/c21-18(20-14-4-2-1-3-13(14)19(22)23)12-7-11-8-15-16(25-6-5-24-15)9-17(11)26-10-12/h1-4,7-9H,5-6,10H2,(H,20,21)(H,22,23). The van der Waals surface area contributed by atoms with E-state index < -0.39 is 5.97 Å². The van der Waals surface area contributed by atoms with Gasteiger partial charge < -0.3 is 19.9 Å². The van der Waals surface area contributed by atoms with Crippen LogP contribution in [0.25, 0.3) is 6.08 Å². The highest BCUT2D eigenvalue weighted by atomic mass is 32.2. The molecule has 0 aliphatic carbocycles. The molecule has 0 saturated carbocycles. The number of rotatable bonds is 3. The lowest BCUT2D eigenvalue weighted by atomic mass is 10.1. The number of hydrogen-bond donors (Lipinski definition) is 2. The molecule has 1 amide bonds. The van der Waals surface area contributed by atoms with Crippen LogP contribution in [0.1, 0.15) is 15.9 Å². The molecule has 0 aromatic heterocycles. The molecule has 2 aliphatic rings. The fourth-order valence-corrected chi connectivity index (χ4v) is 3.82. The molecule has 7 heteroatoms. The monoisotopic (exact) mass is 369 g/mol. The van der Waals surface area contributed by atoms with Crippen LogP contribution in [0.4, 0.5) is 5.69 Å². The average molecular weight is 369 g/mol. The Morgan fingerprint density at radius 3 is 2.58 bits per heavy atom. The highest BCUT2D eigenvalue weighted by molar-refractivity contribution is 7.99. The summed E-state index contributed by atoms with van der Waals surface area (Å²) in [6.07, 6.45) is 1.81. The minimum absolute atomic E-state index is 0.0601. The number of amides is 1. The fourth-order valence-electron chi connectivity index (χ4n) is 2.82. The van der Waals surface area contributed by atoms with Gasteiger partial charge in [-0.2, -0.15) is 0 Å². The van der Waals surface area contributed by atoms with E-state index in [9.17, 15) is 14.7 Å². The first-order valence-electron chi connectivity index (χ1n) is 8.02. The molecule has 0 unspecified atom stereocenters. The van der Waals surface area contributed by atoms with Crippen LogP contribution < -0.4 is 14.8 Å². The first kappa shape index (κ1) is 16.5. The second-order valence-corrected chi connectivity index (χ2v) is 6.81. The Labute approximate surface area is 153 Å². The third-order valence-electron chi connectivity index (χ3n) is 4.08. The fraction of sp³-hybridized carbons (Fsp3) is 0.158. The van der Waals surface area contributed by atoms with Gasteiger partial charge in [0.2, 0.25) is 0 Å². The van der Waals surface area contributed by atoms with E-state index in [0.29, 0.717) is 30.3 Å². The SMILES string of the molecule is O=C(Nc1ccccc1C(=O)O)C1=Cc2cc3c(cc2SC1)OCCO3. The van der Waals surface area contributed by atoms with Crippen molar-refractivity contribution in [2.45, 2.75) is 4.90 Å². The van der Waals surface area contributed by atoms with Gasteiger partial charge in [0.1, 0.15) is 13.2 Å². The van der Waals surface area contributed by atoms with Crippen molar-refractivity contribution in [3.05, 3.63) is 53.1 Å². The second kappa shape index (κ2) is 6.76. The summed E-state index contributed by atoms with van der Waals surface area (Å²) in [5, 5.41) is 11.9. The summed E-state index contributed by atoms with van der Waals surface area (Å²) in [7, 11) is 0. The van der Waals surface area contributed by atoms with Crippen LogP contribution in [0.2, 0.25) is 0 Å². The smallest absolute Gasteiger partial charge is 0.337 e. The predicted octanol–water partition coefficient (Wildman–Crippen LogP) is 3.28. The van der Waals surface area contributed by atoms with Crippen LogP contribution in [0.15, 0.2) is 46.9 Å². The maximum absolute atomic E-state index is 12.6. The van der Waals surface area contributed by atoms with Crippen LogP contribution >= 0.6 is 11.8 Å². The summed E-state index contributed by atoms with van der Waals surface area (Å²) in [4.78, 5) is 24.9. The van der Waals surface area contributed by atoms with E-state index in [1.807, 2.05) is 18.2 Å². The quantitative estimate of drug-likeness (QED) is 0.864. The molecule has 0 bridgehead atoms. The maximum Gasteiger partial charge on any atom is 0.337 e. The number of fused-ring (bicyclic) bond motifs is 2. The average Bonchev–Trinajstić information content (AvgIpc) is 2.66. The van der Waals surface area contributed by atoms with Gasteiger partial charge in [0, 0.05) is 16.2 Å². The van der Waals surface area contributed by atoms with Crippen molar-refractivity contribution < 1.29 is 24.2 Å². The third-order valence-corrected chi connectivity index (χ3v) is 5.20. The molecule has 2 heterocycles. The Bertz CT molecular complexity index is 938. The van der Waals surface area contributed by atoms with Crippen molar-refractivity contribution in [3.63, 3.8) is 0 Å². The zero-order valence-electron chi connectivity index (χ0n) is 13.7. The van der Waals surface area contributed by atoms with Gasteiger partial charge in [-0.3, -0.25) is 4.79 Å². The number of thioether (sulfide) groups is 1. The number of carboxylic acids is 1. The number of anilines is 1. The van der Waals surface area contributed by atoms with E-state index in [2.05, 4.69) is 5.32 Å². The molecular formula is C19H15NO5S. The topological polar surface area (TPSA) is 84.9 Å². The van der Waals surface area contributed by atoms with Gasteiger partial charge in [-0.1, -0.05) is 12.1 Å². The molecule has 2 aromatic rings. The molecule has 6 nitrogen and oxygen atoms in total. The summed E-state index contributed by atoms with van der Waals surface area (Å²) in [5.74, 6) is 0.492. The molecule has 0 radical (unpaired) electrons.